The van der Waals surface area contributed by atoms with E-state index in [1.165, 1.54) is 110 Å². The van der Waals surface area contributed by atoms with Gasteiger partial charge in [0.1, 0.15) is 0 Å². The van der Waals surface area contributed by atoms with Crippen LogP contribution in [0, 0.1) is 0 Å². The molecule has 1 heteroatoms. The van der Waals surface area contributed by atoms with Gasteiger partial charge in [-0.15, -0.1) is 0 Å². The molecule has 0 aliphatic heterocycles. The van der Waals surface area contributed by atoms with Crippen molar-refractivity contribution in [3.63, 3.8) is 0 Å². The molecular weight excluding hydrogens is 699 g/mol. The van der Waals surface area contributed by atoms with E-state index in [0.29, 0.717) is 0 Å². The molecule has 0 bridgehead atoms. The van der Waals surface area contributed by atoms with Gasteiger partial charge in [0, 0.05) is 21.9 Å². The minimum Gasteiger partial charge on any atom is -0.309 e. The topological polar surface area (TPSA) is 4.93 Å². The molecule has 0 fully saturated rings. The zero-order chi connectivity index (χ0) is 38.5. The summed E-state index contributed by atoms with van der Waals surface area (Å²) in [5.41, 5.74) is 16.3. The Balaban J connectivity index is 0.972. The van der Waals surface area contributed by atoms with E-state index in [1.807, 2.05) is 0 Å². The van der Waals surface area contributed by atoms with Crippen molar-refractivity contribution in [2.24, 2.45) is 0 Å². The first-order valence-corrected chi connectivity index (χ1v) is 20.3. The average molecular weight is 738 g/mol. The molecule has 12 rings (SSSR count). The fourth-order valence-corrected chi connectivity index (χ4v) is 10.1. The summed E-state index contributed by atoms with van der Waals surface area (Å²) in [6, 6.07) is 74.4. The Hall–Kier alpha value is -7.22. The van der Waals surface area contributed by atoms with E-state index >= 15 is 0 Å². The Labute approximate surface area is 338 Å². The maximum Gasteiger partial charge on any atom is 0.0547 e. The van der Waals surface area contributed by atoms with Gasteiger partial charge >= 0.3 is 0 Å². The van der Waals surface area contributed by atoms with Crippen molar-refractivity contribution < 1.29 is 0 Å². The number of nitrogens with zero attached hydrogens (tertiary/aromatic N) is 1. The van der Waals surface area contributed by atoms with E-state index in [2.05, 4.69) is 219 Å². The highest BCUT2D eigenvalue weighted by molar-refractivity contribution is 6.25. The fraction of sp³-hybridized carbons (Fsp3) is 0.0526. The second-order valence-corrected chi connectivity index (χ2v) is 16.5. The van der Waals surface area contributed by atoms with E-state index < -0.39 is 0 Å². The van der Waals surface area contributed by atoms with Crippen LogP contribution in [0.15, 0.2) is 200 Å². The van der Waals surface area contributed by atoms with Gasteiger partial charge in [-0.2, -0.15) is 0 Å². The number of hydrogen-bond acceptors (Lipinski definition) is 0. The minimum atomic E-state index is -0.0440. The van der Waals surface area contributed by atoms with Crippen LogP contribution in [-0.2, 0) is 5.41 Å². The molecule has 1 nitrogen and oxygen atoms in total. The third-order valence-corrected chi connectivity index (χ3v) is 13.0. The molecule has 0 amide bonds. The number of benzene rings is 10. The molecule has 1 aliphatic rings. The Morgan fingerprint density at radius 2 is 0.776 bits per heavy atom. The fourth-order valence-electron chi connectivity index (χ4n) is 10.1. The normalized spacial score (nSPS) is 13.1. The summed E-state index contributed by atoms with van der Waals surface area (Å²) in [6.45, 7) is 4.71. The zero-order valence-electron chi connectivity index (χ0n) is 32.5. The van der Waals surface area contributed by atoms with Crippen molar-refractivity contribution in [3.8, 4) is 50.2 Å². The summed E-state index contributed by atoms with van der Waals surface area (Å²) in [5, 5.41) is 10.3. The van der Waals surface area contributed by atoms with Crippen LogP contribution in [0.5, 0.6) is 0 Å². The van der Waals surface area contributed by atoms with E-state index in [9.17, 15) is 0 Å². The molecular formula is C57H39N. The predicted octanol–water partition coefficient (Wildman–Crippen LogP) is 15.6. The molecule has 11 aromatic rings. The van der Waals surface area contributed by atoms with Gasteiger partial charge < -0.3 is 4.57 Å². The molecule has 1 heterocycles. The lowest BCUT2D eigenvalue weighted by Gasteiger charge is -2.22. The first-order valence-electron chi connectivity index (χ1n) is 20.3. The largest absolute Gasteiger partial charge is 0.309 e. The van der Waals surface area contributed by atoms with E-state index in [-0.39, 0.29) is 5.41 Å². The molecule has 1 aliphatic carbocycles. The summed E-state index contributed by atoms with van der Waals surface area (Å²) >= 11 is 0. The van der Waals surface area contributed by atoms with Crippen molar-refractivity contribution in [1.82, 2.24) is 4.57 Å². The third-order valence-electron chi connectivity index (χ3n) is 13.0. The van der Waals surface area contributed by atoms with E-state index in [1.54, 1.807) is 0 Å². The summed E-state index contributed by atoms with van der Waals surface area (Å²) in [4.78, 5) is 0. The van der Waals surface area contributed by atoms with Gasteiger partial charge in [0.2, 0.25) is 0 Å². The Morgan fingerprint density at radius 1 is 0.293 bits per heavy atom. The van der Waals surface area contributed by atoms with E-state index in [0.717, 1.165) is 5.69 Å². The van der Waals surface area contributed by atoms with Crippen LogP contribution in [0.25, 0.3) is 104 Å². The number of para-hydroxylation sites is 1. The summed E-state index contributed by atoms with van der Waals surface area (Å²) in [6.07, 6.45) is 0. The predicted molar refractivity (Wildman–Crippen MR) is 247 cm³/mol. The number of rotatable bonds is 4. The SMILES string of the molecule is CC1(C)c2ccccc2-c2ccc(-c3cccc(-n4c5ccccc5c5ccc(-c6cccc(-c7ccc8c9ccccc9c9ccccc9c8c7)c6)cc54)c3)cc21. The highest BCUT2D eigenvalue weighted by Crippen LogP contribution is 2.49. The van der Waals surface area contributed by atoms with Gasteiger partial charge in [-0.1, -0.05) is 172 Å². The van der Waals surface area contributed by atoms with E-state index in [4.69, 9.17) is 0 Å². The van der Waals surface area contributed by atoms with Gasteiger partial charge in [0.15, 0.2) is 0 Å². The van der Waals surface area contributed by atoms with Crippen molar-refractivity contribution in [3.05, 3.63) is 211 Å². The molecule has 10 aromatic carbocycles. The first-order chi connectivity index (χ1) is 28.5. The average Bonchev–Trinajstić information content (AvgIpc) is 3.74. The van der Waals surface area contributed by atoms with Crippen LogP contribution < -0.4 is 0 Å². The second kappa shape index (κ2) is 12.4. The molecule has 0 radical (unpaired) electrons. The smallest absolute Gasteiger partial charge is 0.0547 e. The number of fused-ring (bicyclic) bond motifs is 12. The highest BCUT2D eigenvalue weighted by atomic mass is 15.0. The summed E-state index contributed by atoms with van der Waals surface area (Å²) in [7, 11) is 0. The van der Waals surface area contributed by atoms with Crippen molar-refractivity contribution in [2.75, 3.05) is 0 Å². The van der Waals surface area contributed by atoms with Crippen LogP contribution >= 0.6 is 0 Å². The Kier molecular flexibility index (Phi) is 7.04. The lowest BCUT2D eigenvalue weighted by atomic mass is 9.81. The monoisotopic (exact) mass is 737 g/mol. The molecule has 0 atom stereocenters. The van der Waals surface area contributed by atoms with Crippen molar-refractivity contribution in [2.45, 2.75) is 19.3 Å². The Morgan fingerprint density at radius 3 is 1.52 bits per heavy atom. The molecule has 1 aromatic heterocycles. The van der Waals surface area contributed by atoms with Gasteiger partial charge in [-0.25, -0.2) is 0 Å². The van der Waals surface area contributed by atoms with Crippen molar-refractivity contribution >= 4 is 54.1 Å². The number of hydrogen-bond donors (Lipinski definition) is 0. The molecule has 0 N–H and O–H groups in total. The third kappa shape index (κ3) is 4.83. The number of aromatic nitrogens is 1. The standard InChI is InChI=1S/C57H39N/c1-57(2)53-23-9-7-21-48(53)49-29-26-40(34-54(49)57)38-15-12-16-42(32-38)58-55-24-10-8-22-50(55)51-30-27-41(35-56(51)58)37-14-11-13-36(31-37)39-25-28-47-45-19-4-3-17-43(45)44-18-5-6-20-46(44)52(47)33-39/h3-35H,1-2H3. The molecule has 0 spiro atoms. The summed E-state index contributed by atoms with van der Waals surface area (Å²) < 4.78 is 2.45. The van der Waals surface area contributed by atoms with Crippen LogP contribution in [0.4, 0.5) is 0 Å². The van der Waals surface area contributed by atoms with Crippen LogP contribution in [-0.4, -0.2) is 4.57 Å². The molecule has 0 saturated heterocycles. The van der Waals surface area contributed by atoms with Gasteiger partial charge in [-0.3, -0.25) is 0 Å². The van der Waals surface area contributed by atoms with Gasteiger partial charge in [-0.05, 0) is 130 Å². The highest BCUT2D eigenvalue weighted by Gasteiger charge is 2.35. The van der Waals surface area contributed by atoms with Crippen LogP contribution in [0.1, 0.15) is 25.0 Å². The minimum absolute atomic E-state index is 0.0440. The molecule has 272 valence electrons. The van der Waals surface area contributed by atoms with Gasteiger partial charge in [0.25, 0.3) is 0 Å². The maximum atomic E-state index is 2.45. The zero-order valence-corrected chi connectivity index (χ0v) is 32.5. The second-order valence-electron chi connectivity index (χ2n) is 16.5. The summed E-state index contributed by atoms with van der Waals surface area (Å²) in [5.74, 6) is 0. The Bertz CT molecular complexity index is 3450. The quantitative estimate of drug-likeness (QED) is 0.159. The van der Waals surface area contributed by atoms with Gasteiger partial charge in [0.05, 0.1) is 11.0 Å². The molecule has 0 unspecified atom stereocenters. The first kappa shape index (κ1) is 33.0. The lowest BCUT2D eigenvalue weighted by Crippen LogP contribution is -2.14. The molecule has 58 heavy (non-hydrogen) atoms. The maximum absolute atomic E-state index is 2.45. The molecule has 0 saturated carbocycles. The lowest BCUT2D eigenvalue weighted by molar-refractivity contribution is 0.660. The van der Waals surface area contributed by atoms with Crippen molar-refractivity contribution in [1.29, 1.82) is 0 Å². The van der Waals surface area contributed by atoms with Crippen LogP contribution in [0.3, 0.4) is 0 Å². The van der Waals surface area contributed by atoms with Crippen LogP contribution in [0.2, 0.25) is 0 Å².